The molecule has 3 aliphatic rings. The Balaban J connectivity index is 1.49. The smallest absolute Gasteiger partial charge is 0.0470 e. The first-order chi connectivity index (χ1) is 9.85. The van der Waals surface area contributed by atoms with Crippen molar-refractivity contribution in [1.82, 2.24) is 4.90 Å². The van der Waals surface area contributed by atoms with Crippen molar-refractivity contribution < 1.29 is 0 Å². The number of nitrogens with two attached hydrogens (primary N) is 1. The van der Waals surface area contributed by atoms with Crippen molar-refractivity contribution in [3.05, 3.63) is 35.4 Å². The third-order valence-corrected chi connectivity index (χ3v) is 5.79. The van der Waals surface area contributed by atoms with Gasteiger partial charge >= 0.3 is 0 Å². The SMILES string of the molecule is NCC(c1ccc(C2CC2)cc1)N1CC2CCCC2C1. The van der Waals surface area contributed by atoms with Crippen LogP contribution in [0.4, 0.5) is 0 Å². The monoisotopic (exact) mass is 270 g/mol. The number of benzene rings is 1. The lowest BCUT2D eigenvalue weighted by atomic mass is 10.0. The van der Waals surface area contributed by atoms with E-state index in [9.17, 15) is 0 Å². The fraction of sp³-hybridized carbons (Fsp3) is 0.667. The predicted octanol–water partition coefficient (Wildman–Crippen LogP) is 3.30. The first kappa shape index (κ1) is 12.8. The minimum absolute atomic E-state index is 0.439. The lowest BCUT2D eigenvalue weighted by molar-refractivity contribution is 0.232. The molecular formula is C18H26N2. The Hall–Kier alpha value is -0.860. The van der Waals surface area contributed by atoms with Gasteiger partial charge in [-0.05, 0) is 54.6 Å². The van der Waals surface area contributed by atoms with Gasteiger partial charge in [0.15, 0.2) is 0 Å². The van der Waals surface area contributed by atoms with Gasteiger partial charge in [-0.3, -0.25) is 4.90 Å². The average Bonchev–Trinajstić information content (AvgIpc) is 3.10. The standard InChI is InChI=1S/C18H26N2/c19-10-18(20-11-16-2-1-3-17(16)12-20)15-8-6-14(7-9-15)13-4-5-13/h6-9,13,16-18H,1-5,10-12,19H2. The van der Waals surface area contributed by atoms with Crippen LogP contribution in [0.5, 0.6) is 0 Å². The van der Waals surface area contributed by atoms with Crippen LogP contribution in [0.2, 0.25) is 0 Å². The highest BCUT2D eigenvalue weighted by Gasteiger charge is 2.38. The molecule has 108 valence electrons. The predicted molar refractivity (Wildman–Crippen MR) is 82.6 cm³/mol. The normalized spacial score (nSPS) is 31.4. The van der Waals surface area contributed by atoms with Crippen LogP contribution in [0.25, 0.3) is 0 Å². The largest absolute Gasteiger partial charge is 0.329 e. The van der Waals surface area contributed by atoms with Crippen molar-refractivity contribution in [2.75, 3.05) is 19.6 Å². The summed E-state index contributed by atoms with van der Waals surface area (Å²) in [5.74, 6) is 2.76. The Morgan fingerprint density at radius 1 is 1.00 bits per heavy atom. The van der Waals surface area contributed by atoms with Crippen LogP contribution in [0.15, 0.2) is 24.3 Å². The van der Waals surface area contributed by atoms with Gasteiger partial charge in [-0.15, -0.1) is 0 Å². The molecule has 0 amide bonds. The Kier molecular flexibility index (Phi) is 3.31. The van der Waals surface area contributed by atoms with Crippen molar-refractivity contribution in [3.8, 4) is 0 Å². The van der Waals surface area contributed by atoms with Crippen LogP contribution in [-0.4, -0.2) is 24.5 Å². The van der Waals surface area contributed by atoms with Gasteiger partial charge in [0.25, 0.3) is 0 Å². The highest BCUT2D eigenvalue weighted by Crippen LogP contribution is 2.42. The number of nitrogens with zero attached hydrogens (tertiary/aromatic N) is 1. The minimum Gasteiger partial charge on any atom is -0.329 e. The molecule has 1 heterocycles. The van der Waals surface area contributed by atoms with Gasteiger partial charge in [0.1, 0.15) is 0 Å². The van der Waals surface area contributed by atoms with Crippen molar-refractivity contribution >= 4 is 0 Å². The summed E-state index contributed by atoms with van der Waals surface area (Å²) >= 11 is 0. The highest BCUT2D eigenvalue weighted by atomic mass is 15.2. The second-order valence-corrected chi connectivity index (χ2v) is 7.10. The van der Waals surface area contributed by atoms with Crippen LogP contribution < -0.4 is 5.73 Å². The maximum absolute atomic E-state index is 6.10. The first-order valence-corrected chi connectivity index (χ1v) is 8.39. The van der Waals surface area contributed by atoms with Gasteiger partial charge in [0.2, 0.25) is 0 Å². The summed E-state index contributed by atoms with van der Waals surface area (Å²) in [4.78, 5) is 2.65. The third kappa shape index (κ3) is 2.29. The molecule has 4 rings (SSSR count). The number of fused-ring (bicyclic) bond motifs is 1. The molecule has 2 heteroatoms. The molecule has 1 aliphatic heterocycles. The lowest BCUT2D eigenvalue weighted by Crippen LogP contribution is -2.32. The molecule has 3 atom stereocenters. The molecule has 0 bridgehead atoms. The summed E-state index contributed by atoms with van der Waals surface area (Å²) in [6.45, 7) is 3.30. The topological polar surface area (TPSA) is 29.3 Å². The average molecular weight is 270 g/mol. The fourth-order valence-electron chi connectivity index (χ4n) is 4.43. The van der Waals surface area contributed by atoms with Crippen LogP contribution in [-0.2, 0) is 0 Å². The maximum atomic E-state index is 6.10. The van der Waals surface area contributed by atoms with Gasteiger partial charge in [0.05, 0.1) is 0 Å². The second kappa shape index (κ2) is 5.16. The Morgan fingerprint density at radius 2 is 1.65 bits per heavy atom. The van der Waals surface area contributed by atoms with E-state index in [1.807, 2.05) is 0 Å². The fourth-order valence-corrected chi connectivity index (χ4v) is 4.43. The van der Waals surface area contributed by atoms with E-state index in [0.29, 0.717) is 6.04 Å². The zero-order valence-corrected chi connectivity index (χ0v) is 12.3. The summed E-state index contributed by atoms with van der Waals surface area (Å²) in [6.07, 6.45) is 7.11. The zero-order valence-electron chi connectivity index (χ0n) is 12.3. The number of hydrogen-bond acceptors (Lipinski definition) is 2. The van der Waals surface area contributed by atoms with Crippen LogP contribution in [0.3, 0.4) is 0 Å². The summed E-state index contributed by atoms with van der Waals surface area (Å²) in [5.41, 5.74) is 9.06. The number of likely N-dealkylation sites (tertiary alicyclic amines) is 1. The first-order valence-electron chi connectivity index (χ1n) is 8.39. The molecule has 3 unspecified atom stereocenters. The Labute approximate surface area is 122 Å². The van der Waals surface area contributed by atoms with E-state index >= 15 is 0 Å². The summed E-state index contributed by atoms with van der Waals surface area (Å²) in [5, 5.41) is 0. The van der Waals surface area contributed by atoms with Gasteiger partial charge in [0, 0.05) is 25.7 Å². The molecule has 3 fully saturated rings. The van der Waals surface area contributed by atoms with E-state index in [1.54, 1.807) is 0 Å². The highest BCUT2D eigenvalue weighted by molar-refractivity contribution is 5.30. The summed E-state index contributed by atoms with van der Waals surface area (Å²) in [6, 6.07) is 9.78. The number of rotatable bonds is 4. The van der Waals surface area contributed by atoms with Gasteiger partial charge in [-0.1, -0.05) is 30.7 Å². The van der Waals surface area contributed by atoms with Gasteiger partial charge in [-0.25, -0.2) is 0 Å². The van der Waals surface area contributed by atoms with Crippen LogP contribution in [0, 0.1) is 11.8 Å². The van der Waals surface area contributed by atoms with E-state index in [0.717, 1.165) is 24.3 Å². The van der Waals surface area contributed by atoms with Crippen molar-refractivity contribution in [1.29, 1.82) is 0 Å². The van der Waals surface area contributed by atoms with E-state index in [4.69, 9.17) is 5.73 Å². The molecule has 2 saturated carbocycles. The lowest BCUT2D eigenvalue weighted by Gasteiger charge is -2.28. The van der Waals surface area contributed by atoms with Gasteiger partial charge < -0.3 is 5.73 Å². The quantitative estimate of drug-likeness (QED) is 0.909. The molecular weight excluding hydrogens is 244 g/mol. The van der Waals surface area contributed by atoms with Crippen molar-refractivity contribution in [3.63, 3.8) is 0 Å². The molecule has 0 spiro atoms. The molecule has 2 aliphatic carbocycles. The van der Waals surface area contributed by atoms with E-state index in [-0.39, 0.29) is 0 Å². The summed E-state index contributed by atoms with van der Waals surface area (Å²) in [7, 11) is 0. The maximum Gasteiger partial charge on any atom is 0.0470 e. The van der Waals surface area contributed by atoms with Crippen LogP contribution in [0.1, 0.15) is 55.2 Å². The second-order valence-electron chi connectivity index (χ2n) is 7.10. The molecule has 0 aromatic heterocycles. The molecule has 20 heavy (non-hydrogen) atoms. The molecule has 2 N–H and O–H groups in total. The van der Waals surface area contributed by atoms with Gasteiger partial charge in [-0.2, -0.15) is 0 Å². The number of hydrogen-bond donors (Lipinski definition) is 1. The molecule has 0 radical (unpaired) electrons. The van der Waals surface area contributed by atoms with Crippen LogP contribution >= 0.6 is 0 Å². The van der Waals surface area contributed by atoms with E-state index < -0.39 is 0 Å². The Morgan fingerprint density at radius 3 is 2.20 bits per heavy atom. The molecule has 1 saturated heterocycles. The molecule has 2 nitrogen and oxygen atoms in total. The molecule has 1 aromatic rings. The van der Waals surface area contributed by atoms with Crippen molar-refractivity contribution in [2.24, 2.45) is 17.6 Å². The minimum atomic E-state index is 0.439. The van der Waals surface area contributed by atoms with E-state index in [1.165, 1.54) is 56.3 Å². The summed E-state index contributed by atoms with van der Waals surface area (Å²) < 4.78 is 0. The molecule has 1 aromatic carbocycles. The van der Waals surface area contributed by atoms with E-state index in [2.05, 4.69) is 29.2 Å². The Bertz CT molecular complexity index is 451. The third-order valence-electron chi connectivity index (χ3n) is 5.79. The zero-order chi connectivity index (χ0) is 13.5. The van der Waals surface area contributed by atoms with Crippen molar-refractivity contribution in [2.45, 2.75) is 44.1 Å².